The Balaban J connectivity index is 1.97. The molecule has 2 atom stereocenters. The molecule has 0 aliphatic carbocycles. The summed E-state index contributed by atoms with van der Waals surface area (Å²) in [6.45, 7) is 2.82. The van der Waals surface area contributed by atoms with Gasteiger partial charge in [0.25, 0.3) is 0 Å². The number of ether oxygens (including phenoxy) is 2. The fourth-order valence-corrected chi connectivity index (χ4v) is 2.61. The third-order valence-corrected chi connectivity index (χ3v) is 3.81. The predicted molar refractivity (Wildman–Crippen MR) is 82.8 cm³/mol. The summed E-state index contributed by atoms with van der Waals surface area (Å²) in [7, 11) is 3.18. The van der Waals surface area contributed by atoms with Crippen LogP contribution in [0, 0.1) is 5.92 Å². The van der Waals surface area contributed by atoms with Gasteiger partial charge < -0.3 is 19.7 Å². The Hall–Kier alpha value is -2.08. The number of nitrogens with one attached hydrogen (secondary N) is 1. The summed E-state index contributed by atoms with van der Waals surface area (Å²) in [6.07, 6.45) is 0.240. The minimum atomic E-state index is -0.335. The molecule has 1 fully saturated rings. The highest BCUT2D eigenvalue weighted by Crippen LogP contribution is 2.23. The van der Waals surface area contributed by atoms with Crippen LogP contribution in [0.2, 0.25) is 0 Å². The lowest BCUT2D eigenvalue weighted by Gasteiger charge is -2.23. The number of carbonyl (C=O) groups is 2. The number of hydrogen-bond acceptors (Lipinski definition) is 4. The molecule has 0 unspecified atom stereocenters. The minimum Gasteiger partial charge on any atom is -0.497 e. The van der Waals surface area contributed by atoms with Crippen LogP contribution in [0.5, 0.6) is 5.75 Å². The Morgan fingerprint density at radius 3 is 2.91 bits per heavy atom. The van der Waals surface area contributed by atoms with Crippen LogP contribution in [0.4, 0.5) is 5.69 Å². The number of anilines is 1. The van der Waals surface area contributed by atoms with E-state index in [0.29, 0.717) is 24.6 Å². The van der Waals surface area contributed by atoms with Crippen LogP contribution in [0.25, 0.3) is 0 Å². The number of benzene rings is 1. The van der Waals surface area contributed by atoms with E-state index in [1.807, 2.05) is 13.0 Å². The van der Waals surface area contributed by atoms with Crippen molar-refractivity contribution < 1.29 is 19.1 Å². The molecule has 0 bridgehead atoms. The Kier molecular flexibility index (Phi) is 5.38. The first kappa shape index (κ1) is 16.3. The first-order chi connectivity index (χ1) is 10.5. The first-order valence-electron chi connectivity index (χ1n) is 7.28. The average Bonchev–Trinajstić information content (AvgIpc) is 2.90. The van der Waals surface area contributed by atoms with Gasteiger partial charge in [-0.25, -0.2) is 0 Å². The maximum Gasteiger partial charge on any atom is 0.229 e. The molecule has 1 aromatic carbocycles. The van der Waals surface area contributed by atoms with Crippen molar-refractivity contribution in [2.75, 3.05) is 32.7 Å². The number of likely N-dealkylation sites (tertiary alicyclic amines) is 1. The van der Waals surface area contributed by atoms with Crippen molar-refractivity contribution in [3.8, 4) is 5.75 Å². The van der Waals surface area contributed by atoms with Crippen molar-refractivity contribution in [3.05, 3.63) is 24.3 Å². The molecule has 1 heterocycles. The molecule has 1 aliphatic rings. The normalized spacial score (nSPS) is 19.1. The average molecular weight is 306 g/mol. The second-order valence-corrected chi connectivity index (χ2v) is 5.47. The van der Waals surface area contributed by atoms with Gasteiger partial charge in [-0.3, -0.25) is 9.59 Å². The lowest BCUT2D eigenvalue weighted by Crippen LogP contribution is -2.38. The van der Waals surface area contributed by atoms with Gasteiger partial charge in [0.1, 0.15) is 5.75 Å². The molecule has 6 nitrogen and oxygen atoms in total. The molecule has 0 saturated carbocycles. The van der Waals surface area contributed by atoms with Gasteiger partial charge in [0.05, 0.1) is 25.7 Å². The summed E-state index contributed by atoms with van der Waals surface area (Å²) < 4.78 is 10.2. The van der Waals surface area contributed by atoms with E-state index in [1.54, 1.807) is 37.3 Å². The van der Waals surface area contributed by atoms with Gasteiger partial charge in [-0.15, -0.1) is 0 Å². The summed E-state index contributed by atoms with van der Waals surface area (Å²) in [4.78, 5) is 26.1. The van der Waals surface area contributed by atoms with E-state index in [4.69, 9.17) is 9.47 Å². The van der Waals surface area contributed by atoms with Crippen LogP contribution in [0.1, 0.15) is 13.3 Å². The second-order valence-electron chi connectivity index (χ2n) is 5.47. The molecule has 1 saturated heterocycles. The zero-order valence-corrected chi connectivity index (χ0v) is 13.2. The summed E-state index contributed by atoms with van der Waals surface area (Å²) in [5.74, 6) is 0.192. The van der Waals surface area contributed by atoms with E-state index >= 15 is 0 Å². The van der Waals surface area contributed by atoms with Crippen LogP contribution in [-0.4, -0.2) is 50.1 Å². The molecular weight excluding hydrogens is 284 g/mol. The topological polar surface area (TPSA) is 67.9 Å². The lowest BCUT2D eigenvalue weighted by molar-refractivity contribution is -0.130. The number of amides is 2. The number of hydrogen-bond donors (Lipinski definition) is 1. The molecule has 22 heavy (non-hydrogen) atoms. The van der Waals surface area contributed by atoms with Crippen molar-refractivity contribution in [1.29, 1.82) is 0 Å². The Labute approximate surface area is 130 Å². The van der Waals surface area contributed by atoms with Crippen LogP contribution in [0.3, 0.4) is 0 Å². The third-order valence-electron chi connectivity index (χ3n) is 3.81. The van der Waals surface area contributed by atoms with E-state index in [0.717, 1.165) is 0 Å². The molecule has 0 spiro atoms. The summed E-state index contributed by atoms with van der Waals surface area (Å²) in [5.41, 5.74) is 0.667. The minimum absolute atomic E-state index is 0.00431. The van der Waals surface area contributed by atoms with Gasteiger partial charge in [0.15, 0.2) is 0 Å². The molecule has 1 aliphatic heterocycles. The zero-order chi connectivity index (χ0) is 16.1. The second kappa shape index (κ2) is 7.26. The Morgan fingerprint density at radius 1 is 1.45 bits per heavy atom. The van der Waals surface area contributed by atoms with E-state index in [2.05, 4.69) is 5.32 Å². The van der Waals surface area contributed by atoms with Gasteiger partial charge in [0.2, 0.25) is 11.8 Å². The molecule has 0 radical (unpaired) electrons. The number of carbonyl (C=O) groups excluding carboxylic acids is 2. The maximum absolute atomic E-state index is 12.3. The largest absolute Gasteiger partial charge is 0.497 e. The zero-order valence-electron chi connectivity index (χ0n) is 13.2. The van der Waals surface area contributed by atoms with Gasteiger partial charge in [0, 0.05) is 31.8 Å². The van der Waals surface area contributed by atoms with Crippen molar-refractivity contribution in [2.45, 2.75) is 19.4 Å². The van der Waals surface area contributed by atoms with Gasteiger partial charge >= 0.3 is 0 Å². The van der Waals surface area contributed by atoms with Crippen molar-refractivity contribution in [1.82, 2.24) is 4.90 Å². The molecule has 1 N–H and O–H groups in total. The molecule has 2 amide bonds. The maximum atomic E-state index is 12.3. The summed E-state index contributed by atoms with van der Waals surface area (Å²) in [5, 5.41) is 2.84. The standard InChI is InChI=1S/C16H22N2O4/c1-11(10-21-2)18-9-12(7-15(18)19)16(20)17-13-5-4-6-14(8-13)22-3/h4-6,8,11-12H,7,9-10H2,1-3H3,(H,17,20)/t11-,12+/m1/s1. The molecule has 120 valence electrons. The predicted octanol–water partition coefficient (Wildman–Crippen LogP) is 1.52. The van der Waals surface area contributed by atoms with Crippen LogP contribution in [0.15, 0.2) is 24.3 Å². The molecular formula is C16H22N2O4. The number of methoxy groups -OCH3 is 2. The van der Waals surface area contributed by atoms with E-state index in [9.17, 15) is 9.59 Å². The highest BCUT2D eigenvalue weighted by atomic mass is 16.5. The van der Waals surface area contributed by atoms with Crippen molar-refractivity contribution >= 4 is 17.5 Å². The first-order valence-corrected chi connectivity index (χ1v) is 7.28. The van der Waals surface area contributed by atoms with Crippen LogP contribution in [-0.2, 0) is 14.3 Å². The van der Waals surface area contributed by atoms with Crippen LogP contribution >= 0.6 is 0 Å². The van der Waals surface area contributed by atoms with E-state index in [-0.39, 0.29) is 30.2 Å². The van der Waals surface area contributed by atoms with Gasteiger partial charge in [-0.2, -0.15) is 0 Å². The van der Waals surface area contributed by atoms with E-state index < -0.39 is 0 Å². The Bertz CT molecular complexity index is 547. The molecule has 0 aromatic heterocycles. The van der Waals surface area contributed by atoms with Crippen molar-refractivity contribution in [2.24, 2.45) is 5.92 Å². The van der Waals surface area contributed by atoms with Gasteiger partial charge in [-0.05, 0) is 19.1 Å². The number of nitrogens with zero attached hydrogens (tertiary/aromatic N) is 1. The highest BCUT2D eigenvalue weighted by Gasteiger charge is 2.36. The SMILES string of the molecule is COC[C@@H](C)N1C[C@@H](C(=O)Nc2cccc(OC)c2)CC1=O. The quantitative estimate of drug-likeness (QED) is 0.865. The lowest BCUT2D eigenvalue weighted by atomic mass is 10.1. The summed E-state index contributed by atoms with van der Waals surface area (Å²) >= 11 is 0. The fourth-order valence-electron chi connectivity index (χ4n) is 2.61. The smallest absolute Gasteiger partial charge is 0.229 e. The van der Waals surface area contributed by atoms with Gasteiger partial charge in [-0.1, -0.05) is 6.07 Å². The summed E-state index contributed by atoms with van der Waals surface area (Å²) in [6, 6.07) is 7.14. The fraction of sp³-hybridized carbons (Fsp3) is 0.500. The van der Waals surface area contributed by atoms with Crippen molar-refractivity contribution in [3.63, 3.8) is 0 Å². The molecule has 6 heteroatoms. The molecule has 2 rings (SSSR count). The third kappa shape index (κ3) is 3.76. The number of rotatable bonds is 6. The molecule has 1 aromatic rings. The van der Waals surface area contributed by atoms with E-state index in [1.165, 1.54) is 0 Å². The monoisotopic (exact) mass is 306 g/mol. The Morgan fingerprint density at radius 2 is 2.23 bits per heavy atom. The van der Waals surface area contributed by atoms with Crippen LogP contribution < -0.4 is 10.1 Å². The highest BCUT2D eigenvalue weighted by molar-refractivity contribution is 5.97.